The van der Waals surface area contributed by atoms with Crippen molar-refractivity contribution in [3.8, 4) is 0 Å². The molecule has 1 aromatic carbocycles. The second-order valence-electron chi connectivity index (χ2n) is 4.88. The lowest BCUT2D eigenvalue weighted by molar-refractivity contribution is 0.556. The molecule has 0 amide bonds. The first-order valence-corrected chi connectivity index (χ1v) is 7.84. The van der Waals surface area contributed by atoms with E-state index in [0.717, 1.165) is 0 Å². The summed E-state index contributed by atoms with van der Waals surface area (Å²) in [6, 6.07) is 10.9. The molecule has 1 heterocycles. The fourth-order valence-electron chi connectivity index (χ4n) is 2.56. The maximum atomic E-state index is 12.3. The Morgan fingerprint density at radius 2 is 1.75 bits per heavy atom. The molecule has 0 bridgehead atoms. The topological polar surface area (TPSA) is 85.1 Å². The highest BCUT2D eigenvalue weighted by atomic mass is 32.2. The molecule has 0 fully saturated rings. The zero-order valence-electron chi connectivity index (χ0n) is 10.8. The predicted octanol–water partition coefficient (Wildman–Crippen LogP) is 1.11. The Morgan fingerprint density at radius 3 is 2.35 bits per heavy atom. The molecule has 0 unspecified atom stereocenters. The second-order valence-corrected chi connectivity index (χ2v) is 6.56. The summed E-state index contributed by atoms with van der Waals surface area (Å²) < 4.78 is 27.4. The minimum absolute atomic E-state index is 0.0236. The summed E-state index contributed by atoms with van der Waals surface area (Å²) in [5.74, 6) is 0.0236. The number of hydrogen-bond acceptors (Lipinski definition) is 4. The molecule has 0 aliphatic heterocycles. The number of aromatic nitrogens is 1. The Labute approximate surface area is 117 Å². The lowest BCUT2D eigenvalue weighted by atomic mass is 10.1. The van der Waals surface area contributed by atoms with Crippen molar-refractivity contribution in [3.63, 3.8) is 0 Å². The molecule has 0 saturated heterocycles. The largest absolute Gasteiger partial charge is 0.383 e. The normalized spacial score (nSPS) is 15.2. The van der Waals surface area contributed by atoms with E-state index in [1.165, 1.54) is 23.4 Å². The average molecular weight is 289 g/mol. The molecule has 1 aliphatic rings. The standard InChI is InChI=1S/C14H15N3O2S/c15-14-13(6-3-7-16-14)20(18,19)17-12-8-10-4-1-2-5-11(10)9-12/h1-7,12,17H,8-9H2,(H2,15,16). The van der Waals surface area contributed by atoms with Crippen LogP contribution < -0.4 is 10.5 Å². The van der Waals surface area contributed by atoms with Crippen LogP contribution in [0.4, 0.5) is 5.82 Å². The first-order valence-electron chi connectivity index (χ1n) is 6.36. The Morgan fingerprint density at radius 1 is 1.10 bits per heavy atom. The molecule has 104 valence electrons. The maximum absolute atomic E-state index is 12.3. The second kappa shape index (κ2) is 4.88. The van der Waals surface area contributed by atoms with E-state index in [1.54, 1.807) is 6.07 Å². The van der Waals surface area contributed by atoms with Gasteiger partial charge in [0.05, 0.1) is 0 Å². The van der Waals surface area contributed by atoms with E-state index in [9.17, 15) is 8.42 Å². The molecular formula is C14H15N3O2S. The van der Waals surface area contributed by atoms with Crippen molar-refractivity contribution in [3.05, 3.63) is 53.7 Å². The van der Waals surface area contributed by atoms with Gasteiger partial charge in [-0.25, -0.2) is 18.1 Å². The third kappa shape index (κ3) is 2.39. The van der Waals surface area contributed by atoms with Gasteiger partial charge in [0.15, 0.2) is 0 Å². The summed E-state index contributed by atoms with van der Waals surface area (Å²) in [6.07, 6.45) is 2.88. The molecule has 0 saturated carbocycles. The number of nitrogens with one attached hydrogen (secondary N) is 1. The van der Waals surface area contributed by atoms with Crippen LogP contribution in [-0.4, -0.2) is 19.4 Å². The highest BCUT2D eigenvalue weighted by molar-refractivity contribution is 7.89. The summed E-state index contributed by atoms with van der Waals surface area (Å²) in [5.41, 5.74) is 8.02. The number of fused-ring (bicyclic) bond motifs is 1. The van der Waals surface area contributed by atoms with Crippen LogP contribution in [0.5, 0.6) is 0 Å². The van der Waals surface area contributed by atoms with Crippen molar-refractivity contribution in [2.24, 2.45) is 0 Å². The van der Waals surface area contributed by atoms with E-state index < -0.39 is 10.0 Å². The van der Waals surface area contributed by atoms with Gasteiger partial charge < -0.3 is 5.73 Å². The van der Waals surface area contributed by atoms with Crippen molar-refractivity contribution in [1.29, 1.82) is 0 Å². The van der Waals surface area contributed by atoms with Gasteiger partial charge in [0.2, 0.25) is 10.0 Å². The smallest absolute Gasteiger partial charge is 0.244 e. The molecule has 3 rings (SSSR count). The van der Waals surface area contributed by atoms with Crippen LogP contribution in [0.15, 0.2) is 47.5 Å². The van der Waals surface area contributed by atoms with Gasteiger partial charge in [0.25, 0.3) is 0 Å². The summed E-state index contributed by atoms with van der Waals surface area (Å²) >= 11 is 0. The summed E-state index contributed by atoms with van der Waals surface area (Å²) in [5, 5.41) is 0. The molecule has 20 heavy (non-hydrogen) atoms. The lowest BCUT2D eigenvalue weighted by Gasteiger charge is -2.13. The van der Waals surface area contributed by atoms with Crippen LogP contribution in [0.1, 0.15) is 11.1 Å². The van der Waals surface area contributed by atoms with Gasteiger partial charge in [-0.15, -0.1) is 0 Å². The number of anilines is 1. The summed E-state index contributed by atoms with van der Waals surface area (Å²) in [4.78, 5) is 3.86. The Kier molecular flexibility index (Phi) is 3.19. The third-order valence-corrected chi connectivity index (χ3v) is 5.03. The Bertz CT molecular complexity index is 719. The molecule has 0 atom stereocenters. The van der Waals surface area contributed by atoms with E-state index in [4.69, 9.17) is 5.73 Å². The summed E-state index contributed by atoms with van der Waals surface area (Å²) in [6.45, 7) is 0. The lowest BCUT2D eigenvalue weighted by Crippen LogP contribution is -2.35. The van der Waals surface area contributed by atoms with Crippen LogP contribution in [0, 0.1) is 0 Å². The number of pyridine rings is 1. The maximum Gasteiger partial charge on any atom is 0.244 e. The monoisotopic (exact) mass is 289 g/mol. The minimum Gasteiger partial charge on any atom is -0.383 e. The van der Waals surface area contributed by atoms with Crippen molar-refractivity contribution < 1.29 is 8.42 Å². The van der Waals surface area contributed by atoms with E-state index in [1.807, 2.05) is 24.3 Å². The number of nitrogen functional groups attached to an aromatic ring is 1. The highest BCUT2D eigenvalue weighted by Crippen LogP contribution is 2.23. The van der Waals surface area contributed by atoms with Gasteiger partial charge in [-0.3, -0.25) is 0 Å². The van der Waals surface area contributed by atoms with Crippen LogP contribution in [-0.2, 0) is 22.9 Å². The van der Waals surface area contributed by atoms with Gasteiger partial charge in [-0.1, -0.05) is 24.3 Å². The fraction of sp³-hybridized carbons (Fsp3) is 0.214. The molecule has 6 heteroatoms. The Hall–Kier alpha value is -1.92. The molecule has 2 aromatic rings. The zero-order valence-corrected chi connectivity index (χ0v) is 11.6. The molecule has 0 spiro atoms. The number of benzene rings is 1. The molecule has 1 aromatic heterocycles. The van der Waals surface area contributed by atoms with E-state index in [-0.39, 0.29) is 16.8 Å². The van der Waals surface area contributed by atoms with Gasteiger partial charge in [0, 0.05) is 12.2 Å². The van der Waals surface area contributed by atoms with Crippen LogP contribution in [0.25, 0.3) is 0 Å². The molecule has 1 aliphatic carbocycles. The molecule has 0 radical (unpaired) electrons. The number of sulfonamides is 1. The van der Waals surface area contributed by atoms with E-state index in [2.05, 4.69) is 9.71 Å². The predicted molar refractivity (Wildman–Crippen MR) is 76.6 cm³/mol. The van der Waals surface area contributed by atoms with Gasteiger partial charge >= 0.3 is 0 Å². The third-order valence-electron chi connectivity index (χ3n) is 3.46. The summed E-state index contributed by atoms with van der Waals surface area (Å²) in [7, 11) is -3.63. The van der Waals surface area contributed by atoms with Crippen molar-refractivity contribution >= 4 is 15.8 Å². The quantitative estimate of drug-likeness (QED) is 0.886. The van der Waals surface area contributed by atoms with Gasteiger partial charge in [0.1, 0.15) is 10.7 Å². The SMILES string of the molecule is Nc1ncccc1S(=O)(=O)NC1Cc2ccccc2C1. The van der Waals surface area contributed by atoms with Crippen LogP contribution in [0.3, 0.4) is 0 Å². The number of nitrogens with zero attached hydrogens (tertiary/aromatic N) is 1. The van der Waals surface area contributed by atoms with E-state index >= 15 is 0 Å². The van der Waals surface area contributed by atoms with Gasteiger partial charge in [-0.05, 0) is 36.1 Å². The Balaban J connectivity index is 1.81. The fourth-order valence-corrected chi connectivity index (χ4v) is 3.87. The highest BCUT2D eigenvalue weighted by Gasteiger charge is 2.27. The first-order chi connectivity index (χ1) is 9.56. The van der Waals surface area contributed by atoms with Crippen molar-refractivity contribution in [2.75, 3.05) is 5.73 Å². The van der Waals surface area contributed by atoms with Crippen molar-refractivity contribution in [2.45, 2.75) is 23.8 Å². The van der Waals surface area contributed by atoms with Crippen molar-refractivity contribution in [1.82, 2.24) is 9.71 Å². The number of hydrogen-bond donors (Lipinski definition) is 2. The first kappa shape index (κ1) is 13.1. The van der Waals surface area contributed by atoms with Crippen LogP contribution >= 0.6 is 0 Å². The minimum atomic E-state index is -3.63. The molecule has 5 nitrogen and oxygen atoms in total. The van der Waals surface area contributed by atoms with Gasteiger partial charge in [-0.2, -0.15) is 0 Å². The molecular weight excluding hydrogens is 274 g/mol. The zero-order chi connectivity index (χ0) is 14.2. The average Bonchev–Trinajstić information content (AvgIpc) is 2.80. The number of rotatable bonds is 3. The number of nitrogens with two attached hydrogens (primary N) is 1. The van der Waals surface area contributed by atoms with Crippen LogP contribution in [0.2, 0.25) is 0 Å². The van der Waals surface area contributed by atoms with E-state index in [0.29, 0.717) is 12.8 Å². The molecule has 3 N–H and O–H groups in total.